The van der Waals surface area contributed by atoms with Crippen LogP contribution >= 0.6 is 11.8 Å². The van der Waals surface area contributed by atoms with Crippen LogP contribution in [0.15, 0.2) is 59.5 Å². The number of nitrogens with zero attached hydrogens (tertiary/aromatic N) is 1. The number of benzene rings is 2. The Hall–Kier alpha value is -2.80. The van der Waals surface area contributed by atoms with Gasteiger partial charge in [0, 0.05) is 23.7 Å². The van der Waals surface area contributed by atoms with Crippen molar-refractivity contribution in [3.63, 3.8) is 0 Å². The minimum Gasteiger partial charge on any atom is -0.452 e. The van der Waals surface area contributed by atoms with Crippen LogP contribution in [-0.2, 0) is 14.3 Å². The number of ether oxygens (including phenoxy) is 1. The second kappa shape index (κ2) is 10.5. The van der Waals surface area contributed by atoms with Gasteiger partial charge in [0.2, 0.25) is 5.91 Å². The van der Waals surface area contributed by atoms with Crippen molar-refractivity contribution in [2.75, 3.05) is 24.3 Å². The third kappa shape index (κ3) is 6.42. The average Bonchev–Trinajstić information content (AvgIpc) is 2.70. The lowest BCUT2D eigenvalue weighted by Crippen LogP contribution is -2.31. The van der Waals surface area contributed by atoms with Gasteiger partial charge >= 0.3 is 5.97 Å². The first-order valence-electron chi connectivity index (χ1n) is 8.88. The maximum absolute atomic E-state index is 12.4. The summed E-state index contributed by atoms with van der Waals surface area (Å²) in [6.07, 6.45) is 0. The number of hydrogen-bond donors (Lipinski definition) is 1. The van der Waals surface area contributed by atoms with Gasteiger partial charge in [0.1, 0.15) is 0 Å². The topological polar surface area (TPSA) is 75.7 Å². The molecule has 7 heteroatoms. The lowest BCUT2D eigenvalue weighted by Gasteiger charge is -2.17. The Morgan fingerprint density at radius 2 is 1.68 bits per heavy atom. The van der Waals surface area contributed by atoms with Gasteiger partial charge in [-0.05, 0) is 38.1 Å². The summed E-state index contributed by atoms with van der Waals surface area (Å²) in [5.74, 6) is -0.843. The Bertz CT molecular complexity index is 824. The van der Waals surface area contributed by atoms with Gasteiger partial charge < -0.3 is 15.0 Å². The van der Waals surface area contributed by atoms with Crippen molar-refractivity contribution in [3.8, 4) is 0 Å². The molecule has 0 radical (unpaired) electrons. The van der Waals surface area contributed by atoms with Gasteiger partial charge in [0.15, 0.2) is 6.61 Å². The Kier molecular flexibility index (Phi) is 8.07. The van der Waals surface area contributed by atoms with Gasteiger partial charge in [0.25, 0.3) is 5.91 Å². The van der Waals surface area contributed by atoms with Crippen molar-refractivity contribution in [1.82, 2.24) is 5.32 Å². The van der Waals surface area contributed by atoms with E-state index in [9.17, 15) is 14.4 Å². The van der Waals surface area contributed by atoms with Crippen LogP contribution in [0.1, 0.15) is 24.2 Å². The van der Waals surface area contributed by atoms with Gasteiger partial charge in [-0.2, -0.15) is 0 Å². The molecule has 2 rings (SSSR count). The molecule has 0 saturated carbocycles. The van der Waals surface area contributed by atoms with Crippen molar-refractivity contribution in [1.29, 1.82) is 0 Å². The van der Waals surface area contributed by atoms with Crippen LogP contribution in [0, 0.1) is 0 Å². The summed E-state index contributed by atoms with van der Waals surface area (Å²) in [5, 5.41) is 2.80. The highest BCUT2D eigenvalue weighted by Gasteiger charge is 2.17. The van der Waals surface area contributed by atoms with E-state index in [4.69, 9.17) is 4.74 Å². The molecular formula is C21H24N2O4S. The van der Waals surface area contributed by atoms with E-state index in [1.165, 1.54) is 16.7 Å². The number of hydrogen-bond acceptors (Lipinski definition) is 5. The molecule has 0 spiro atoms. The number of carbonyl (C=O) groups excluding carboxylic acids is 3. The van der Waals surface area contributed by atoms with E-state index in [1.54, 1.807) is 43.4 Å². The molecule has 0 unspecified atom stereocenters. The van der Waals surface area contributed by atoms with Gasteiger partial charge in [-0.15, -0.1) is 11.8 Å². The first-order valence-corrected chi connectivity index (χ1v) is 9.87. The fourth-order valence-corrected chi connectivity index (χ4v) is 3.22. The second-order valence-electron chi connectivity index (χ2n) is 6.37. The third-order valence-electron chi connectivity index (χ3n) is 3.76. The first-order chi connectivity index (χ1) is 13.4. The van der Waals surface area contributed by atoms with Crippen molar-refractivity contribution >= 4 is 35.2 Å². The lowest BCUT2D eigenvalue weighted by atomic mass is 10.2. The highest BCUT2D eigenvalue weighted by Crippen LogP contribution is 2.23. The van der Waals surface area contributed by atoms with E-state index < -0.39 is 5.97 Å². The summed E-state index contributed by atoms with van der Waals surface area (Å²) in [6, 6.07) is 16.0. The first kappa shape index (κ1) is 21.5. The molecule has 0 fully saturated rings. The molecular weight excluding hydrogens is 376 g/mol. The zero-order valence-corrected chi connectivity index (χ0v) is 17.0. The van der Waals surface area contributed by atoms with E-state index >= 15 is 0 Å². The number of amides is 2. The van der Waals surface area contributed by atoms with Crippen molar-refractivity contribution in [2.24, 2.45) is 0 Å². The van der Waals surface area contributed by atoms with Crippen molar-refractivity contribution in [2.45, 2.75) is 24.8 Å². The zero-order chi connectivity index (χ0) is 20.5. The predicted octanol–water partition coefficient (Wildman–Crippen LogP) is 3.12. The number of para-hydroxylation sites is 1. The van der Waals surface area contributed by atoms with Gasteiger partial charge in [-0.25, -0.2) is 4.79 Å². The van der Waals surface area contributed by atoms with Gasteiger partial charge in [-0.1, -0.05) is 30.3 Å². The smallest absolute Gasteiger partial charge is 0.339 e. The number of thioether (sulfide) groups is 1. The number of esters is 1. The number of nitrogens with one attached hydrogen (secondary N) is 1. The van der Waals surface area contributed by atoms with Crippen LogP contribution in [0.3, 0.4) is 0 Å². The molecule has 2 aromatic rings. The number of rotatable bonds is 8. The molecule has 6 nitrogen and oxygen atoms in total. The van der Waals surface area contributed by atoms with E-state index in [-0.39, 0.29) is 30.2 Å². The largest absolute Gasteiger partial charge is 0.452 e. The summed E-state index contributed by atoms with van der Waals surface area (Å²) >= 11 is 1.25. The van der Waals surface area contributed by atoms with Crippen molar-refractivity contribution < 1.29 is 19.1 Å². The van der Waals surface area contributed by atoms with Gasteiger partial charge in [-0.3, -0.25) is 9.59 Å². The highest BCUT2D eigenvalue weighted by atomic mass is 32.2. The quantitative estimate of drug-likeness (QED) is 0.544. The fraction of sp³-hybridized carbons (Fsp3) is 0.286. The maximum Gasteiger partial charge on any atom is 0.339 e. The van der Waals surface area contributed by atoms with Gasteiger partial charge in [0.05, 0.1) is 11.3 Å². The number of carbonyl (C=O) groups is 3. The van der Waals surface area contributed by atoms with E-state index in [0.29, 0.717) is 10.5 Å². The molecule has 0 atom stereocenters. The average molecular weight is 401 g/mol. The Labute approximate surface area is 169 Å². The van der Waals surface area contributed by atoms with Crippen molar-refractivity contribution in [3.05, 3.63) is 60.2 Å². The van der Waals surface area contributed by atoms with Crippen LogP contribution < -0.4 is 10.2 Å². The molecule has 0 aliphatic carbocycles. The summed E-state index contributed by atoms with van der Waals surface area (Å²) in [6.45, 7) is 3.41. The minimum absolute atomic E-state index is 0.0564. The molecule has 148 valence electrons. The number of likely N-dealkylation sites (N-methyl/N-ethyl adjacent to an activating group) is 1. The Morgan fingerprint density at radius 3 is 2.36 bits per heavy atom. The molecule has 0 saturated heterocycles. The van der Waals surface area contributed by atoms with Crippen LogP contribution in [0.25, 0.3) is 0 Å². The van der Waals surface area contributed by atoms with Crippen LogP contribution in [0.5, 0.6) is 0 Å². The van der Waals surface area contributed by atoms with Crippen LogP contribution in [-0.4, -0.2) is 43.2 Å². The molecule has 0 bridgehead atoms. The number of anilines is 1. The van der Waals surface area contributed by atoms with E-state index in [1.807, 2.05) is 32.0 Å². The summed E-state index contributed by atoms with van der Waals surface area (Å²) < 4.78 is 5.20. The summed E-state index contributed by atoms with van der Waals surface area (Å²) in [7, 11) is 1.63. The lowest BCUT2D eigenvalue weighted by molar-refractivity contribution is -0.121. The molecule has 1 N–H and O–H groups in total. The summed E-state index contributed by atoms with van der Waals surface area (Å²) in [4.78, 5) is 38.6. The van der Waals surface area contributed by atoms with E-state index in [0.717, 1.165) is 5.69 Å². The maximum atomic E-state index is 12.4. The molecule has 28 heavy (non-hydrogen) atoms. The Morgan fingerprint density at radius 1 is 1.04 bits per heavy atom. The Balaban J connectivity index is 1.95. The predicted molar refractivity (Wildman–Crippen MR) is 111 cm³/mol. The normalized spacial score (nSPS) is 10.4. The molecule has 0 aliphatic rings. The van der Waals surface area contributed by atoms with Crippen LogP contribution in [0.4, 0.5) is 5.69 Å². The molecule has 0 aliphatic heterocycles. The third-order valence-corrected chi connectivity index (χ3v) is 4.83. The molecule has 0 heterocycles. The fourth-order valence-electron chi connectivity index (χ4n) is 2.37. The summed E-state index contributed by atoms with van der Waals surface area (Å²) in [5.41, 5.74) is 1.05. The minimum atomic E-state index is -0.595. The molecule has 2 amide bonds. The monoisotopic (exact) mass is 400 g/mol. The van der Waals surface area contributed by atoms with E-state index in [2.05, 4.69) is 5.32 Å². The zero-order valence-electron chi connectivity index (χ0n) is 16.2. The SMILES string of the molecule is CC(C)NC(=O)CSc1ccccc1C(=O)OCC(=O)N(C)c1ccccc1. The molecule has 2 aromatic carbocycles. The second-order valence-corrected chi connectivity index (χ2v) is 7.39. The highest BCUT2D eigenvalue weighted by molar-refractivity contribution is 8.00. The molecule has 0 aromatic heterocycles. The van der Waals surface area contributed by atoms with Crippen LogP contribution in [0.2, 0.25) is 0 Å². The standard InChI is InChI=1S/C21H24N2O4S/c1-15(2)22-19(24)14-28-18-12-8-7-11-17(18)21(26)27-13-20(25)23(3)16-9-5-4-6-10-16/h4-12,15H,13-14H2,1-3H3,(H,22,24).